The fraction of sp³-hybridized carbons (Fsp3) is 1.00. The lowest BCUT2D eigenvalue weighted by atomic mass is 9.88. The fourth-order valence-corrected chi connectivity index (χ4v) is 1.40. The Morgan fingerprint density at radius 1 is 1.00 bits per heavy atom. The predicted molar refractivity (Wildman–Crippen MR) is 62.4 cm³/mol. The highest BCUT2D eigenvalue weighted by Crippen LogP contribution is 2.24. The molecule has 0 radical (unpaired) electrons. The Morgan fingerprint density at radius 2 is 1.46 bits per heavy atom. The summed E-state index contributed by atoms with van der Waals surface area (Å²) in [5.74, 6) is 0.558. The second-order valence-corrected chi connectivity index (χ2v) is 5.74. The molecule has 1 unspecified atom stereocenters. The van der Waals surface area contributed by atoms with Gasteiger partial charge in [-0.2, -0.15) is 12.6 Å². The Balaban J connectivity index is 3.47. The van der Waals surface area contributed by atoms with Crippen molar-refractivity contribution in [2.45, 2.75) is 59.0 Å². The number of thiol groups is 1. The monoisotopic (exact) mass is 204 g/mol. The Morgan fingerprint density at radius 3 is 1.85 bits per heavy atom. The molecule has 0 saturated heterocycles. The molecular formula is C11H24OS. The number of aliphatic hydroxyl groups is 1. The van der Waals surface area contributed by atoms with Crippen molar-refractivity contribution in [3.8, 4) is 0 Å². The SMILES string of the molecule is CC(C)(C)CCCCC(C)(O)CS. The van der Waals surface area contributed by atoms with Crippen molar-refractivity contribution >= 4 is 12.6 Å². The van der Waals surface area contributed by atoms with E-state index < -0.39 is 5.60 Å². The number of hydrogen-bond acceptors (Lipinski definition) is 2. The third-order valence-corrected chi connectivity index (χ3v) is 2.91. The normalized spacial score (nSPS) is 17.1. The first-order valence-electron chi connectivity index (χ1n) is 5.10. The average Bonchev–Trinajstić information content (AvgIpc) is 1.97. The van der Waals surface area contributed by atoms with Crippen LogP contribution in [0.15, 0.2) is 0 Å². The van der Waals surface area contributed by atoms with E-state index in [1.807, 2.05) is 6.92 Å². The molecular weight excluding hydrogens is 180 g/mol. The van der Waals surface area contributed by atoms with Crippen LogP contribution in [0.3, 0.4) is 0 Å². The van der Waals surface area contributed by atoms with Crippen LogP contribution in [0.1, 0.15) is 53.4 Å². The van der Waals surface area contributed by atoms with Crippen molar-refractivity contribution < 1.29 is 5.11 Å². The molecule has 0 aromatic heterocycles. The van der Waals surface area contributed by atoms with Gasteiger partial charge in [-0.05, 0) is 25.2 Å². The van der Waals surface area contributed by atoms with E-state index >= 15 is 0 Å². The first-order chi connectivity index (χ1) is 5.77. The van der Waals surface area contributed by atoms with Gasteiger partial charge in [-0.25, -0.2) is 0 Å². The highest BCUT2D eigenvalue weighted by atomic mass is 32.1. The van der Waals surface area contributed by atoms with Gasteiger partial charge in [0, 0.05) is 5.75 Å². The lowest BCUT2D eigenvalue weighted by Gasteiger charge is -2.22. The molecule has 0 saturated carbocycles. The van der Waals surface area contributed by atoms with Crippen molar-refractivity contribution in [1.82, 2.24) is 0 Å². The Hall–Kier alpha value is 0.310. The molecule has 0 bridgehead atoms. The van der Waals surface area contributed by atoms with Crippen molar-refractivity contribution in [1.29, 1.82) is 0 Å². The Kier molecular flexibility index (Phi) is 5.38. The summed E-state index contributed by atoms with van der Waals surface area (Å²) in [5.41, 5.74) is -0.145. The maximum Gasteiger partial charge on any atom is 0.0707 e. The lowest BCUT2D eigenvalue weighted by molar-refractivity contribution is 0.0725. The third-order valence-electron chi connectivity index (χ3n) is 2.23. The quantitative estimate of drug-likeness (QED) is 0.520. The largest absolute Gasteiger partial charge is 0.389 e. The average molecular weight is 204 g/mol. The minimum Gasteiger partial charge on any atom is -0.389 e. The predicted octanol–water partition coefficient (Wildman–Crippen LogP) is 3.27. The highest BCUT2D eigenvalue weighted by molar-refractivity contribution is 7.80. The van der Waals surface area contributed by atoms with Crippen molar-refractivity contribution in [3.05, 3.63) is 0 Å². The first kappa shape index (κ1) is 13.3. The molecule has 13 heavy (non-hydrogen) atoms. The van der Waals surface area contributed by atoms with E-state index in [2.05, 4.69) is 33.4 Å². The van der Waals surface area contributed by atoms with E-state index in [4.69, 9.17) is 0 Å². The lowest BCUT2D eigenvalue weighted by Crippen LogP contribution is -2.26. The van der Waals surface area contributed by atoms with Crippen molar-refractivity contribution in [3.63, 3.8) is 0 Å². The van der Waals surface area contributed by atoms with Crippen molar-refractivity contribution in [2.24, 2.45) is 5.41 Å². The van der Waals surface area contributed by atoms with Crippen LogP contribution in [0, 0.1) is 5.41 Å². The number of hydrogen-bond donors (Lipinski definition) is 2. The molecule has 1 atom stereocenters. The summed E-state index contributed by atoms with van der Waals surface area (Å²) in [6.07, 6.45) is 4.40. The van der Waals surface area contributed by atoms with Crippen LogP contribution in [0.2, 0.25) is 0 Å². The topological polar surface area (TPSA) is 20.2 Å². The van der Waals surface area contributed by atoms with Gasteiger partial charge >= 0.3 is 0 Å². The minimum absolute atomic E-state index is 0.423. The Labute approximate surface area is 88.3 Å². The molecule has 80 valence electrons. The number of rotatable bonds is 5. The highest BCUT2D eigenvalue weighted by Gasteiger charge is 2.17. The molecule has 0 heterocycles. The minimum atomic E-state index is -0.568. The zero-order valence-corrected chi connectivity index (χ0v) is 10.3. The molecule has 2 heteroatoms. The molecule has 0 rings (SSSR count). The van der Waals surface area contributed by atoms with Gasteiger partial charge in [-0.1, -0.05) is 33.6 Å². The molecule has 0 aliphatic carbocycles. The van der Waals surface area contributed by atoms with Crippen LogP contribution in [-0.2, 0) is 0 Å². The van der Waals surface area contributed by atoms with Gasteiger partial charge < -0.3 is 5.11 Å². The smallest absolute Gasteiger partial charge is 0.0707 e. The number of unbranched alkanes of at least 4 members (excludes halogenated alkanes) is 1. The molecule has 0 spiro atoms. The zero-order valence-electron chi connectivity index (χ0n) is 9.43. The summed E-state index contributed by atoms with van der Waals surface area (Å²) in [5, 5.41) is 9.68. The van der Waals surface area contributed by atoms with Crippen LogP contribution in [-0.4, -0.2) is 16.5 Å². The van der Waals surface area contributed by atoms with Crippen LogP contribution < -0.4 is 0 Å². The summed E-state index contributed by atoms with van der Waals surface area (Å²) in [6.45, 7) is 8.62. The van der Waals surface area contributed by atoms with Crippen LogP contribution >= 0.6 is 12.6 Å². The van der Waals surface area contributed by atoms with Gasteiger partial charge in [0.1, 0.15) is 0 Å². The van der Waals surface area contributed by atoms with E-state index in [0.29, 0.717) is 11.2 Å². The van der Waals surface area contributed by atoms with Crippen LogP contribution in [0.4, 0.5) is 0 Å². The van der Waals surface area contributed by atoms with Crippen molar-refractivity contribution in [2.75, 3.05) is 5.75 Å². The van der Waals surface area contributed by atoms with Gasteiger partial charge in [0.15, 0.2) is 0 Å². The second-order valence-electron chi connectivity index (χ2n) is 5.42. The summed E-state index contributed by atoms with van der Waals surface area (Å²) >= 11 is 4.11. The first-order valence-corrected chi connectivity index (χ1v) is 5.73. The van der Waals surface area contributed by atoms with Crippen LogP contribution in [0.25, 0.3) is 0 Å². The van der Waals surface area contributed by atoms with Gasteiger partial charge in [-0.3, -0.25) is 0 Å². The van der Waals surface area contributed by atoms with E-state index in [0.717, 1.165) is 12.8 Å². The zero-order chi connectivity index (χ0) is 10.5. The summed E-state index contributed by atoms with van der Waals surface area (Å²) in [6, 6.07) is 0. The van der Waals surface area contributed by atoms with E-state index in [1.165, 1.54) is 12.8 Å². The summed E-state index contributed by atoms with van der Waals surface area (Å²) < 4.78 is 0. The van der Waals surface area contributed by atoms with Gasteiger partial charge in [0.25, 0.3) is 0 Å². The molecule has 0 amide bonds. The third kappa shape index (κ3) is 8.63. The summed E-state index contributed by atoms with van der Waals surface area (Å²) in [4.78, 5) is 0. The van der Waals surface area contributed by atoms with Gasteiger partial charge in [0.2, 0.25) is 0 Å². The van der Waals surface area contributed by atoms with Crippen LogP contribution in [0.5, 0.6) is 0 Å². The van der Waals surface area contributed by atoms with E-state index in [1.54, 1.807) is 0 Å². The second kappa shape index (κ2) is 5.26. The van der Waals surface area contributed by atoms with Gasteiger partial charge in [0.05, 0.1) is 5.60 Å². The maximum absolute atomic E-state index is 9.68. The molecule has 0 aliphatic heterocycles. The molecule has 1 nitrogen and oxygen atoms in total. The molecule has 0 aliphatic rings. The summed E-state index contributed by atoms with van der Waals surface area (Å²) in [7, 11) is 0. The fourth-order valence-electron chi connectivity index (χ4n) is 1.24. The molecule has 1 N–H and O–H groups in total. The molecule has 0 aromatic rings. The molecule has 0 aromatic carbocycles. The maximum atomic E-state index is 9.68. The standard InChI is InChI=1S/C11H24OS/c1-10(2,3)7-5-6-8-11(4,12)9-13/h12-13H,5-9H2,1-4H3. The Bertz CT molecular complexity index is 136. The van der Waals surface area contributed by atoms with Gasteiger partial charge in [-0.15, -0.1) is 0 Å². The van der Waals surface area contributed by atoms with E-state index in [9.17, 15) is 5.11 Å². The molecule has 0 fully saturated rings. The van der Waals surface area contributed by atoms with E-state index in [-0.39, 0.29) is 0 Å².